The van der Waals surface area contributed by atoms with Crippen molar-refractivity contribution in [2.45, 2.75) is 20.0 Å². The first-order valence-electron chi connectivity index (χ1n) is 6.34. The van der Waals surface area contributed by atoms with E-state index in [9.17, 15) is 4.79 Å². The highest BCUT2D eigenvalue weighted by molar-refractivity contribution is 6.30. The average molecular weight is 290 g/mol. The molecular formula is C16H16ClNO2. The molecule has 0 aliphatic carbocycles. The van der Waals surface area contributed by atoms with Crippen LogP contribution in [0.3, 0.4) is 0 Å². The van der Waals surface area contributed by atoms with Crippen molar-refractivity contribution in [2.75, 3.05) is 5.32 Å². The van der Waals surface area contributed by atoms with E-state index in [-0.39, 0.29) is 5.91 Å². The third-order valence-electron chi connectivity index (χ3n) is 2.78. The minimum absolute atomic E-state index is 0.189. The van der Waals surface area contributed by atoms with Crippen molar-refractivity contribution >= 4 is 23.2 Å². The van der Waals surface area contributed by atoms with E-state index in [0.29, 0.717) is 10.8 Å². The molecule has 0 saturated heterocycles. The van der Waals surface area contributed by atoms with Gasteiger partial charge in [0.05, 0.1) is 0 Å². The number of benzene rings is 2. The molecule has 2 aromatic rings. The van der Waals surface area contributed by atoms with Gasteiger partial charge >= 0.3 is 0 Å². The predicted molar refractivity (Wildman–Crippen MR) is 81.4 cm³/mol. The smallest absolute Gasteiger partial charge is 0.265 e. The second-order valence-corrected chi connectivity index (χ2v) is 5.01. The van der Waals surface area contributed by atoms with Gasteiger partial charge < -0.3 is 10.1 Å². The van der Waals surface area contributed by atoms with Gasteiger partial charge in [-0.15, -0.1) is 0 Å². The van der Waals surface area contributed by atoms with Gasteiger partial charge in [-0.3, -0.25) is 4.79 Å². The molecule has 0 bridgehead atoms. The second kappa shape index (κ2) is 6.44. The minimum atomic E-state index is -0.586. The van der Waals surface area contributed by atoms with E-state index in [0.717, 1.165) is 11.3 Å². The average Bonchev–Trinajstić information content (AvgIpc) is 2.41. The van der Waals surface area contributed by atoms with Crippen LogP contribution in [0.4, 0.5) is 5.69 Å². The molecule has 0 aliphatic rings. The van der Waals surface area contributed by atoms with Gasteiger partial charge in [0, 0.05) is 10.7 Å². The van der Waals surface area contributed by atoms with Crippen LogP contribution < -0.4 is 10.1 Å². The lowest BCUT2D eigenvalue weighted by atomic mass is 10.2. The molecular weight excluding hydrogens is 274 g/mol. The maximum Gasteiger partial charge on any atom is 0.265 e. The third-order valence-corrected chi connectivity index (χ3v) is 3.03. The molecule has 20 heavy (non-hydrogen) atoms. The second-order valence-electron chi connectivity index (χ2n) is 4.57. The molecule has 0 unspecified atom stereocenters. The first-order valence-corrected chi connectivity index (χ1v) is 6.72. The minimum Gasteiger partial charge on any atom is -0.481 e. The van der Waals surface area contributed by atoms with Crippen molar-refractivity contribution in [3.8, 4) is 5.75 Å². The summed E-state index contributed by atoms with van der Waals surface area (Å²) in [5.41, 5.74) is 1.86. The molecule has 0 fully saturated rings. The van der Waals surface area contributed by atoms with E-state index in [1.54, 1.807) is 31.2 Å². The molecule has 1 N–H and O–H groups in total. The molecule has 0 aliphatic heterocycles. The molecule has 2 rings (SSSR count). The van der Waals surface area contributed by atoms with E-state index < -0.39 is 6.10 Å². The van der Waals surface area contributed by atoms with Crippen LogP contribution in [0.25, 0.3) is 0 Å². The lowest BCUT2D eigenvalue weighted by molar-refractivity contribution is -0.122. The number of aryl methyl sites for hydroxylation is 1. The van der Waals surface area contributed by atoms with Crippen molar-refractivity contribution in [3.63, 3.8) is 0 Å². The lowest BCUT2D eigenvalue weighted by Crippen LogP contribution is -2.30. The summed E-state index contributed by atoms with van der Waals surface area (Å²) in [4.78, 5) is 12.0. The quantitative estimate of drug-likeness (QED) is 0.922. The summed E-state index contributed by atoms with van der Waals surface area (Å²) in [6.07, 6.45) is -0.586. The number of hydrogen-bond acceptors (Lipinski definition) is 2. The molecule has 1 atom stereocenters. The largest absolute Gasteiger partial charge is 0.481 e. The number of halogens is 1. The number of rotatable bonds is 4. The molecule has 3 nitrogen and oxygen atoms in total. The van der Waals surface area contributed by atoms with Crippen LogP contribution in [0.5, 0.6) is 5.75 Å². The molecule has 0 heterocycles. The highest BCUT2D eigenvalue weighted by Crippen LogP contribution is 2.17. The Morgan fingerprint density at radius 3 is 2.55 bits per heavy atom. The van der Waals surface area contributed by atoms with Crippen LogP contribution in [0, 0.1) is 6.92 Å². The summed E-state index contributed by atoms with van der Waals surface area (Å²) in [7, 11) is 0. The molecule has 0 radical (unpaired) electrons. The van der Waals surface area contributed by atoms with Crippen LogP contribution in [-0.2, 0) is 4.79 Å². The normalized spacial score (nSPS) is 11.8. The zero-order valence-corrected chi connectivity index (χ0v) is 12.1. The molecule has 1 amide bonds. The number of ether oxygens (including phenoxy) is 1. The summed E-state index contributed by atoms with van der Waals surface area (Å²) >= 11 is 5.80. The van der Waals surface area contributed by atoms with Gasteiger partial charge in [0.15, 0.2) is 6.10 Å². The van der Waals surface area contributed by atoms with Gasteiger partial charge in [0.25, 0.3) is 5.91 Å². The highest BCUT2D eigenvalue weighted by Gasteiger charge is 2.14. The Morgan fingerprint density at radius 2 is 1.90 bits per heavy atom. The Morgan fingerprint density at radius 1 is 1.20 bits per heavy atom. The van der Waals surface area contributed by atoms with Gasteiger partial charge in [-0.25, -0.2) is 0 Å². The number of amides is 1. The molecule has 0 aromatic heterocycles. The van der Waals surface area contributed by atoms with Gasteiger partial charge in [-0.2, -0.15) is 0 Å². The maximum atomic E-state index is 12.0. The van der Waals surface area contributed by atoms with Gasteiger partial charge in [-0.1, -0.05) is 23.7 Å². The summed E-state index contributed by atoms with van der Waals surface area (Å²) in [6, 6.07) is 14.5. The fraction of sp³-hybridized carbons (Fsp3) is 0.188. The third kappa shape index (κ3) is 4.00. The van der Waals surface area contributed by atoms with Crippen LogP contribution in [0.2, 0.25) is 5.02 Å². The van der Waals surface area contributed by atoms with Crippen LogP contribution >= 0.6 is 11.6 Å². The highest BCUT2D eigenvalue weighted by atomic mass is 35.5. The van der Waals surface area contributed by atoms with Gasteiger partial charge in [0.2, 0.25) is 0 Å². The zero-order valence-electron chi connectivity index (χ0n) is 11.4. The Balaban J connectivity index is 1.96. The number of nitrogens with one attached hydrogen (secondary N) is 1. The Kier molecular flexibility index (Phi) is 4.64. The molecule has 0 spiro atoms. The van der Waals surface area contributed by atoms with Gasteiger partial charge in [-0.05, 0) is 55.8 Å². The predicted octanol–water partition coefficient (Wildman–Crippen LogP) is 4.05. The molecule has 104 valence electrons. The standard InChI is InChI=1S/C16H16ClNO2/c1-11-4-3-5-14(10-11)18-16(19)12(2)20-15-8-6-13(17)7-9-15/h3-10,12H,1-2H3,(H,18,19)/t12-/m1/s1. The molecule has 4 heteroatoms. The first-order chi connectivity index (χ1) is 9.54. The topological polar surface area (TPSA) is 38.3 Å². The monoisotopic (exact) mass is 289 g/mol. The summed E-state index contributed by atoms with van der Waals surface area (Å²) in [6.45, 7) is 3.68. The Hall–Kier alpha value is -2.00. The van der Waals surface area contributed by atoms with E-state index in [1.807, 2.05) is 31.2 Å². The SMILES string of the molecule is Cc1cccc(NC(=O)[C@@H](C)Oc2ccc(Cl)cc2)c1. The number of carbonyl (C=O) groups is 1. The van der Waals surface area contributed by atoms with E-state index >= 15 is 0 Å². The number of carbonyl (C=O) groups excluding carboxylic acids is 1. The van der Waals surface area contributed by atoms with E-state index in [1.165, 1.54) is 0 Å². The maximum absolute atomic E-state index is 12.0. The molecule has 0 saturated carbocycles. The van der Waals surface area contributed by atoms with Crippen LogP contribution in [0.15, 0.2) is 48.5 Å². The summed E-state index contributed by atoms with van der Waals surface area (Å²) in [5, 5.41) is 3.46. The summed E-state index contributed by atoms with van der Waals surface area (Å²) < 4.78 is 5.56. The van der Waals surface area contributed by atoms with Gasteiger partial charge in [0.1, 0.15) is 5.75 Å². The lowest BCUT2D eigenvalue weighted by Gasteiger charge is -2.15. The Bertz CT molecular complexity index is 596. The fourth-order valence-corrected chi connectivity index (χ4v) is 1.86. The fourth-order valence-electron chi connectivity index (χ4n) is 1.74. The number of hydrogen-bond donors (Lipinski definition) is 1. The van der Waals surface area contributed by atoms with Crippen LogP contribution in [0.1, 0.15) is 12.5 Å². The van der Waals surface area contributed by atoms with Crippen molar-refractivity contribution in [2.24, 2.45) is 0 Å². The van der Waals surface area contributed by atoms with E-state index in [2.05, 4.69) is 5.32 Å². The van der Waals surface area contributed by atoms with Crippen molar-refractivity contribution in [1.82, 2.24) is 0 Å². The van der Waals surface area contributed by atoms with Crippen LogP contribution in [-0.4, -0.2) is 12.0 Å². The Labute approximate surface area is 123 Å². The van der Waals surface area contributed by atoms with E-state index in [4.69, 9.17) is 16.3 Å². The zero-order chi connectivity index (χ0) is 14.5. The summed E-state index contributed by atoms with van der Waals surface area (Å²) in [5.74, 6) is 0.423. The van der Waals surface area contributed by atoms with Crippen molar-refractivity contribution < 1.29 is 9.53 Å². The van der Waals surface area contributed by atoms with Crippen molar-refractivity contribution in [3.05, 3.63) is 59.1 Å². The number of anilines is 1. The first kappa shape index (κ1) is 14.4. The molecule has 2 aromatic carbocycles. The van der Waals surface area contributed by atoms with Crippen molar-refractivity contribution in [1.29, 1.82) is 0 Å².